The summed E-state index contributed by atoms with van der Waals surface area (Å²) in [5, 5.41) is 8.17. The molecule has 0 aliphatic heterocycles. The van der Waals surface area contributed by atoms with Crippen molar-refractivity contribution in [2.75, 3.05) is 19.0 Å². The summed E-state index contributed by atoms with van der Waals surface area (Å²) >= 11 is 0. The van der Waals surface area contributed by atoms with Gasteiger partial charge in [-0.1, -0.05) is 40.7 Å². The van der Waals surface area contributed by atoms with Gasteiger partial charge in [0.05, 0.1) is 5.69 Å². The molecule has 1 aliphatic carbocycles. The number of anilines is 1. The van der Waals surface area contributed by atoms with Crippen molar-refractivity contribution in [2.45, 2.75) is 34.6 Å². The number of nitrogens with zero attached hydrogens (tertiary/aromatic N) is 4. The van der Waals surface area contributed by atoms with Gasteiger partial charge in [0.15, 0.2) is 5.82 Å². The van der Waals surface area contributed by atoms with Crippen LogP contribution in [-0.2, 0) is 20.1 Å². The molecule has 1 aliphatic rings. The fraction of sp³-hybridized carbons (Fsp3) is 0.304. The molecule has 6 radical (unpaired) electrons. The molecule has 0 saturated heterocycles. The smallest absolute Gasteiger partial charge is 0.174 e. The second-order valence-corrected chi connectivity index (χ2v) is 6.92. The van der Waals surface area contributed by atoms with E-state index in [1.54, 1.807) is 6.20 Å². The molecule has 1 saturated carbocycles. The molecule has 1 aromatic carbocycles. The first-order chi connectivity index (χ1) is 12.8. The van der Waals surface area contributed by atoms with Crippen molar-refractivity contribution in [3.8, 4) is 0 Å². The normalized spacial score (nSPS) is 16.1. The van der Waals surface area contributed by atoms with Gasteiger partial charge < -0.3 is 17.3 Å². The molecular formula is C23H29ClIrN4-. The Labute approximate surface area is 196 Å². The maximum atomic E-state index is 4.12. The molecule has 0 N–H and O–H groups in total. The van der Waals surface area contributed by atoms with Crippen molar-refractivity contribution in [2.24, 2.45) is 10.2 Å². The SMILES string of the molecule is CN(C)c1ccc(N=Nc2ccccn2)cc1.C[C]1[C](C)[C](C)[C](C)[C]1C.[Cl-].[Ir]. The van der Waals surface area contributed by atoms with Crippen molar-refractivity contribution in [3.63, 3.8) is 0 Å². The monoisotopic (exact) mass is 589 g/mol. The second kappa shape index (κ2) is 13.1. The quantitative estimate of drug-likeness (QED) is 0.515. The first-order valence-corrected chi connectivity index (χ1v) is 9.11. The fourth-order valence-corrected chi connectivity index (χ4v) is 2.75. The minimum atomic E-state index is 0. The van der Waals surface area contributed by atoms with Gasteiger partial charge in [-0.05, 0) is 66.0 Å². The van der Waals surface area contributed by atoms with Crippen LogP contribution in [0.15, 0.2) is 58.9 Å². The zero-order valence-electron chi connectivity index (χ0n) is 18.1. The van der Waals surface area contributed by atoms with Gasteiger partial charge in [0, 0.05) is 46.1 Å². The van der Waals surface area contributed by atoms with Gasteiger partial charge in [0.1, 0.15) is 0 Å². The summed E-state index contributed by atoms with van der Waals surface area (Å²) < 4.78 is 0. The third-order valence-electron chi connectivity index (χ3n) is 5.10. The predicted octanol–water partition coefficient (Wildman–Crippen LogP) is 3.54. The number of hydrogen-bond acceptors (Lipinski definition) is 4. The molecule has 6 heteroatoms. The van der Waals surface area contributed by atoms with Gasteiger partial charge in [-0.3, -0.25) is 0 Å². The topological polar surface area (TPSA) is 40.9 Å². The van der Waals surface area contributed by atoms with Crippen molar-refractivity contribution < 1.29 is 32.5 Å². The van der Waals surface area contributed by atoms with Gasteiger partial charge in [0.25, 0.3) is 0 Å². The minimum absolute atomic E-state index is 0. The number of hydrogen-bond donors (Lipinski definition) is 0. The van der Waals surface area contributed by atoms with E-state index in [4.69, 9.17) is 0 Å². The van der Waals surface area contributed by atoms with Gasteiger partial charge in [-0.2, -0.15) is 0 Å². The van der Waals surface area contributed by atoms with Crippen LogP contribution >= 0.6 is 0 Å². The molecule has 0 bridgehead atoms. The molecule has 0 unspecified atom stereocenters. The van der Waals surface area contributed by atoms with Crippen molar-refractivity contribution in [1.82, 2.24) is 4.98 Å². The average Bonchev–Trinajstić information content (AvgIpc) is 2.86. The summed E-state index contributed by atoms with van der Waals surface area (Å²) in [6.07, 6.45) is 1.70. The summed E-state index contributed by atoms with van der Waals surface area (Å²) in [6, 6.07) is 13.4. The molecule has 1 heterocycles. The van der Waals surface area contributed by atoms with Crippen molar-refractivity contribution in [1.29, 1.82) is 0 Å². The van der Waals surface area contributed by atoms with E-state index in [9.17, 15) is 0 Å². The number of pyridine rings is 1. The number of rotatable bonds is 3. The first-order valence-electron chi connectivity index (χ1n) is 9.11. The fourth-order valence-electron chi connectivity index (χ4n) is 2.75. The Bertz CT molecular complexity index is 677. The van der Waals surface area contributed by atoms with Gasteiger partial charge >= 0.3 is 0 Å². The van der Waals surface area contributed by atoms with E-state index in [1.165, 1.54) is 29.6 Å². The van der Waals surface area contributed by atoms with E-state index < -0.39 is 0 Å². The van der Waals surface area contributed by atoms with Crippen LogP contribution in [0.1, 0.15) is 34.6 Å². The Morgan fingerprint density at radius 2 is 1.17 bits per heavy atom. The Morgan fingerprint density at radius 1 is 0.690 bits per heavy atom. The Morgan fingerprint density at radius 3 is 1.55 bits per heavy atom. The number of benzene rings is 1. The maximum Gasteiger partial charge on any atom is 0.174 e. The predicted molar refractivity (Wildman–Crippen MR) is 114 cm³/mol. The van der Waals surface area contributed by atoms with Crippen LogP contribution in [-0.4, -0.2) is 19.1 Å². The first kappa shape index (κ1) is 27.7. The average molecular weight is 589 g/mol. The molecule has 0 atom stereocenters. The van der Waals surface area contributed by atoms with Crippen molar-refractivity contribution in [3.05, 3.63) is 78.3 Å². The number of halogens is 1. The van der Waals surface area contributed by atoms with Crippen LogP contribution in [0.5, 0.6) is 0 Å². The summed E-state index contributed by atoms with van der Waals surface area (Å²) in [6.45, 7) is 11.0. The molecule has 0 spiro atoms. The molecule has 1 aromatic heterocycles. The van der Waals surface area contributed by atoms with E-state index in [0.717, 1.165) is 11.4 Å². The molecule has 0 amide bonds. The third kappa shape index (κ3) is 7.81. The van der Waals surface area contributed by atoms with E-state index in [-0.39, 0.29) is 32.5 Å². The molecule has 2 aromatic rings. The molecule has 1 fully saturated rings. The molecule has 158 valence electrons. The van der Waals surface area contributed by atoms with Gasteiger partial charge in [0.2, 0.25) is 0 Å². The van der Waals surface area contributed by atoms with E-state index >= 15 is 0 Å². The second-order valence-electron chi connectivity index (χ2n) is 6.92. The Balaban J connectivity index is 0.000000567. The van der Waals surface area contributed by atoms with E-state index in [0.29, 0.717) is 5.82 Å². The summed E-state index contributed by atoms with van der Waals surface area (Å²) in [4.78, 5) is 6.11. The zero-order valence-corrected chi connectivity index (χ0v) is 21.3. The summed E-state index contributed by atoms with van der Waals surface area (Å²) in [5.41, 5.74) is 1.96. The van der Waals surface area contributed by atoms with Crippen LogP contribution in [0.4, 0.5) is 17.2 Å². The summed E-state index contributed by atoms with van der Waals surface area (Å²) in [5.74, 6) is 7.95. The summed E-state index contributed by atoms with van der Waals surface area (Å²) in [7, 11) is 4.01. The molecular weight excluding hydrogens is 560 g/mol. The molecule has 29 heavy (non-hydrogen) atoms. The van der Waals surface area contributed by atoms with Crippen LogP contribution < -0.4 is 17.3 Å². The Hall–Kier alpha value is -1.29. The van der Waals surface area contributed by atoms with Crippen LogP contribution in [0.2, 0.25) is 0 Å². The third-order valence-corrected chi connectivity index (χ3v) is 5.10. The largest absolute Gasteiger partial charge is 1.00 e. The standard InChI is InChI=1S/C13H14N4.C10H15.ClH.Ir/c1-17(2)12-8-6-11(7-9-12)15-16-13-5-3-4-10-14-13;1-6-7(2)9(4)10(5)8(6)3;;/h3-10H,1-2H3;1-5H3;1H;/p-1. The van der Waals surface area contributed by atoms with E-state index in [1.807, 2.05) is 61.5 Å². The number of azo groups is 1. The molecule has 3 rings (SSSR count). The minimum Gasteiger partial charge on any atom is -1.00 e. The maximum absolute atomic E-state index is 4.12. The van der Waals surface area contributed by atoms with E-state index in [2.05, 4.69) is 49.8 Å². The van der Waals surface area contributed by atoms with Gasteiger partial charge in [-0.25, -0.2) is 4.98 Å². The zero-order chi connectivity index (χ0) is 20.0. The van der Waals surface area contributed by atoms with Crippen LogP contribution in [0.3, 0.4) is 0 Å². The Kier molecular flexibility index (Phi) is 12.5. The van der Waals surface area contributed by atoms with Crippen molar-refractivity contribution >= 4 is 17.2 Å². The molecule has 4 nitrogen and oxygen atoms in total. The van der Waals surface area contributed by atoms with Crippen LogP contribution in [0.25, 0.3) is 0 Å². The van der Waals surface area contributed by atoms with Crippen LogP contribution in [0, 0.1) is 29.6 Å². The van der Waals surface area contributed by atoms with Gasteiger partial charge in [-0.15, -0.1) is 10.2 Å². The number of aromatic nitrogens is 1.